The van der Waals surface area contributed by atoms with E-state index >= 15 is 0 Å². The van der Waals surface area contributed by atoms with Crippen molar-refractivity contribution >= 4 is 28.4 Å². The highest BCUT2D eigenvalue weighted by Gasteiger charge is 2.10. The van der Waals surface area contributed by atoms with Gasteiger partial charge in [0.25, 0.3) is 0 Å². The molecule has 0 aliphatic rings. The quantitative estimate of drug-likeness (QED) is 0.487. The number of anilines is 3. The Balaban J connectivity index is 2.04. The maximum absolute atomic E-state index is 5.42. The van der Waals surface area contributed by atoms with E-state index in [-0.39, 0.29) is 0 Å². The maximum atomic E-state index is 5.42. The van der Waals surface area contributed by atoms with Crippen molar-refractivity contribution < 1.29 is 4.74 Å². The van der Waals surface area contributed by atoms with E-state index in [1.54, 1.807) is 7.11 Å². The Kier molecular flexibility index (Phi) is 3.44. The standard InChI is InChI=1S/C13H13N7O/c1-21-9-4-2-3-8(5-9)19-12-10-11(16-6-17-12)13(20-14)18-7-15-10/h2-7H,14H2,1H3,(H,15,18,20)(H,16,17,19). The van der Waals surface area contributed by atoms with Gasteiger partial charge < -0.3 is 15.5 Å². The van der Waals surface area contributed by atoms with Crippen molar-refractivity contribution in [3.63, 3.8) is 0 Å². The fourth-order valence-corrected chi connectivity index (χ4v) is 1.91. The third-order valence-corrected chi connectivity index (χ3v) is 2.89. The molecule has 106 valence electrons. The average molecular weight is 283 g/mol. The number of methoxy groups -OCH3 is 1. The summed E-state index contributed by atoms with van der Waals surface area (Å²) in [6.07, 6.45) is 2.83. The Morgan fingerprint density at radius 1 is 1.00 bits per heavy atom. The summed E-state index contributed by atoms with van der Waals surface area (Å²) in [5.74, 6) is 7.17. The highest BCUT2D eigenvalue weighted by molar-refractivity contribution is 5.93. The lowest BCUT2D eigenvalue weighted by molar-refractivity contribution is 0.415. The van der Waals surface area contributed by atoms with Crippen LogP contribution in [0.25, 0.3) is 11.0 Å². The van der Waals surface area contributed by atoms with Gasteiger partial charge in [-0.15, -0.1) is 0 Å². The normalized spacial score (nSPS) is 10.4. The van der Waals surface area contributed by atoms with Crippen LogP contribution in [0.3, 0.4) is 0 Å². The third-order valence-electron chi connectivity index (χ3n) is 2.89. The summed E-state index contributed by atoms with van der Waals surface area (Å²) >= 11 is 0. The number of fused-ring (bicyclic) bond motifs is 1. The van der Waals surface area contributed by atoms with Crippen LogP contribution in [0.2, 0.25) is 0 Å². The summed E-state index contributed by atoms with van der Waals surface area (Å²) in [6, 6.07) is 7.51. The number of rotatable bonds is 4. The van der Waals surface area contributed by atoms with E-state index in [1.165, 1.54) is 12.7 Å². The van der Waals surface area contributed by atoms with Crippen LogP contribution in [0.5, 0.6) is 5.75 Å². The van der Waals surface area contributed by atoms with Crippen molar-refractivity contribution in [2.75, 3.05) is 17.9 Å². The highest BCUT2D eigenvalue weighted by atomic mass is 16.5. The number of nitrogen functional groups attached to an aromatic ring is 1. The van der Waals surface area contributed by atoms with Crippen LogP contribution in [0.15, 0.2) is 36.9 Å². The lowest BCUT2D eigenvalue weighted by atomic mass is 10.3. The lowest BCUT2D eigenvalue weighted by Gasteiger charge is -2.09. The SMILES string of the molecule is COc1cccc(Nc2ncnc3c(NN)ncnc23)c1. The fourth-order valence-electron chi connectivity index (χ4n) is 1.91. The second kappa shape index (κ2) is 5.55. The number of aromatic nitrogens is 4. The zero-order chi connectivity index (χ0) is 14.7. The molecule has 8 nitrogen and oxygen atoms in total. The molecule has 0 atom stereocenters. The number of hydrogen-bond acceptors (Lipinski definition) is 8. The molecular weight excluding hydrogens is 270 g/mol. The summed E-state index contributed by atoms with van der Waals surface area (Å²) in [4.78, 5) is 16.6. The minimum absolute atomic E-state index is 0.441. The smallest absolute Gasteiger partial charge is 0.170 e. The van der Waals surface area contributed by atoms with Crippen LogP contribution in [-0.4, -0.2) is 27.0 Å². The molecule has 8 heteroatoms. The van der Waals surface area contributed by atoms with Gasteiger partial charge in [0.15, 0.2) is 11.6 Å². The average Bonchev–Trinajstić information content (AvgIpc) is 2.55. The van der Waals surface area contributed by atoms with E-state index in [9.17, 15) is 0 Å². The van der Waals surface area contributed by atoms with Gasteiger partial charge in [-0.3, -0.25) is 0 Å². The minimum Gasteiger partial charge on any atom is -0.497 e. The van der Waals surface area contributed by atoms with E-state index in [0.717, 1.165) is 11.4 Å². The molecule has 0 unspecified atom stereocenters. The van der Waals surface area contributed by atoms with Gasteiger partial charge in [-0.25, -0.2) is 25.8 Å². The second-order valence-corrected chi connectivity index (χ2v) is 4.14. The molecule has 4 N–H and O–H groups in total. The zero-order valence-electron chi connectivity index (χ0n) is 11.2. The number of hydrogen-bond donors (Lipinski definition) is 3. The Labute approximate surface area is 120 Å². The molecule has 0 amide bonds. The molecule has 0 spiro atoms. The maximum Gasteiger partial charge on any atom is 0.170 e. The van der Waals surface area contributed by atoms with E-state index < -0.39 is 0 Å². The van der Waals surface area contributed by atoms with Crippen molar-refractivity contribution in [2.24, 2.45) is 5.84 Å². The molecule has 21 heavy (non-hydrogen) atoms. The number of hydrazine groups is 1. The van der Waals surface area contributed by atoms with Crippen molar-refractivity contribution in [3.05, 3.63) is 36.9 Å². The molecule has 0 aliphatic heterocycles. The van der Waals surface area contributed by atoms with Gasteiger partial charge in [0.05, 0.1) is 7.11 Å². The monoisotopic (exact) mass is 283 g/mol. The topological polar surface area (TPSA) is 111 Å². The van der Waals surface area contributed by atoms with Crippen LogP contribution in [0, 0.1) is 0 Å². The summed E-state index contributed by atoms with van der Waals surface area (Å²) in [6.45, 7) is 0. The van der Waals surface area contributed by atoms with E-state index in [0.29, 0.717) is 22.7 Å². The molecule has 3 aromatic rings. The number of benzene rings is 1. The molecule has 2 aromatic heterocycles. The van der Waals surface area contributed by atoms with Crippen LogP contribution in [-0.2, 0) is 0 Å². The molecule has 0 saturated carbocycles. The van der Waals surface area contributed by atoms with Crippen molar-refractivity contribution in [2.45, 2.75) is 0 Å². The Hall–Kier alpha value is -3.00. The highest BCUT2D eigenvalue weighted by Crippen LogP contribution is 2.25. The van der Waals surface area contributed by atoms with E-state index in [2.05, 4.69) is 30.7 Å². The number of ether oxygens (including phenoxy) is 1. The summed E-state index contributed by atoms with van der Waals surface area (Å²) in [5.41, 5.74) is 4.43. The third kappa shape index (κ3) is 2.51. The van der Waals surface area contributed by atoms with Crippen molar-refractivity contribution in [3.8, 4) is 5.75 Å². The first-order valence-corrected chi connectivity index (χ1v) is 6.15. The molecule has 0 radical (unpaired) electrons. The molecule has 2 heterocycles. The first-order chi connectivity index (χ1) is 10.3. The Bertz CT molecular complexity index is 777. The lowest BCUT2D eigenvalue weighted by Crippen LogP contribution is -2.10. The van der Waals surface area contributed by atoms with Crippen LogP contribution >= 0.6 is 0 Å². The molecule has 0 aliphatic carbocycles. The molecule has 0 saturated heterocycles. The van der Waals surface area contributed by atoms with Gasteiger partial charge in [-0.05, 0) is 12.1 Å². The summed E-state index contributed by atoms with van der Waals surface area (Å²) < 4.78 is 5.19. The minimum atomic E-state index is 0.441. The molecule has 0 fully saturated rings. The zero-order valence-corrected chi connectivity index (χ0v) is 11.2. The van der Waals surface area contributed by atoms with Gasteiger partial charge in [0, 0.05) is 11.8 Å². The van der Waals surface area contributed by atoms with Crippen LogP contribution in [0.1, 0.15) is 0 Å². The predicted octanol–water partition coefficient (Wildman–Crippen LogP) is 1.46. The Morgan fingerprint density at radius 2 is 1.71 bits per heavy atom. The first-order valence-electron chi connectivity index (χ1n) is 6.15. The first kappa shape index (κ1) is 13.0. The molecule has 1 aromatic carbocycles. The van der Waals surface area contributed by atoms with Gasteiger partial charge >= 0.3 is 0 Å². The van der Waals surface area contributed by atoms with E-state index in [4.69, 9.17) is 10.6 Å². The second-order valence-electron chi connectivity index (χ2n) is 4.14. The largest absolute Gasteiger partial charge is 0.497 e. The van der Waals surface area contributed by atoms with Gasteiger partial charge in [-0.1, -0.05) is 6.07 Å². The summed E-state index contributed by atoms with van der Waals surface area (Å²) in [5, 5.41) is 3.18. The number of nitrogens with zero attached hydrogens (tertiary/aromatic N) is 4. The van der Waals surface area contributed by atoms with E-state index in [1.807, 2.05) is 24.3 Å². The summed E-state index contributed by atoms with van der Waals surface area (Å²) in [7, 11) is 1.62. The molecular formula is C13H13N7O. The van der Waals surface area contributed by atoms with Gasteiger partial charge in [-0.2, -0.15) is 0 Å². The van der Waals surface area contributed by atoms with Crippen molar-refractivity contribution in [1.29, 1.82) is 0 Å². The molecule has 0 bridgehead atoms. The predicted molar refractivity (Wildman–Crippen MR) is 79.2 cm³/mol. The number of nitrogens with two attached hydrogens (primary N) is 1. The van der Waals surface area contributed by atoms with Crippen molar-refractivity contribution in [1.82, 2.24) is 19.9 Å². The van der Waals surface area contributed by atoms with Crippen LogP contribution < -0.4 is 21.3 Å². The van der Waals surface area contributed by atoms with Crippen LogP contribution in [0.4, 0.5) is 17.3 Å². The van der Waals surface area contributed by atoms with Gasteiger partial charge in [0.2, 0.25) is 0 Å². The fraction of sp³-hybridized carbons (Fsp3) is 0.0769. The number of nitrogens with one attached hydrogen (secondary N) is 2. The Morgan fingerprint density at radius 3 is 2.43 bits per heavy atom. The molecule has 3 rings (SSSR count). The van der Waals surface area contributed by atoms with Gasteiger partial charge in [0.1, 0.15) is 29.4 Å².